The molecule has 0 aromatic rings. The van der Waals surface area contributed by atoms with Gasteiger partial charge in [-0.3, -0.25) is 0 Å². The molecule has 2 atom stereocenters. The van der Waals surface area contributed by atoms with Crippen LogP contribution in [-0.4, -0.2) is 25.2 Å². The van der Waals surface area contributed by atoms with Gasteiger partial charge >= 0.3 is 0 Å². The van der Waals surface area contributed by atoms with Crippen LogP contribution in [0.1, 0.15) is 13.8 Å². The zero-order valence-electron chi connectivity index (χ0n) is 5.57. The lowest BCUT2D eigenvalue weighted by Crippen LogP contribution is -2.52. The maximum absolute atomic E-state index is 3.42. The van der Waals surface area contributed by atoms with Crippen LogP contribution in [0.2, 0.25) is 0 Å². The fraction of sp³-hybridized carbons (Fsp3) is 1.00. The summed E-state index contributed by atoms with van der Waals surface area (Å²) >= 11 is 0. The Hall–Kier alpha value is -0.0800. The second kappa shape index (κ2) is 2.46. The van der Waals surface area contributed by atoms with Crippen LogP contribution >= 0.6 is 0 Å². The minimum Gasteiger partial charge on any atom is -0.314 e. The Labute approximate surface area is 50.7 Å². The van der Waals surface area contributed by atoms with Crippen LogP contribution < -0.4 is 10.6 Å². The molecule has 1 unspecified atom stereocenters. The van der Waals surface area contributed by atoms with Gasteiger partial charge in [0.25, 0.3) is 0 Å². The molecule has 48 valence electrons. The molecule has 2 heteroatoms. The van der Waals surface area contributed by atoms with Crippen molar-refractivity contribution in [2.45, 2.75) is 25.9 Å². The highest BCUT2D eigenvalue weighted by molar-refractivity contribution is 4.76. The number of piperazine rings is 1. The summed E-state index contributed by atoms with van der Waals surface area (Å²) in [6.07, 6.45) is 0. The van der Waals surface area contributed by atoms with E-state index in [-0.39, 0.29) is 0 Å². The first-order valence-electron chi connectivity index (χ1n) is 3.26. The van der Waals surface area contributed by atoms with Crippen LogP contribution in [-0.2, 0) is 0 Å². The van der Waals surface area contributed by atoms with E-state index in [4.69, 9.17) is 0 Å². The molecule has 1 heterocycles. The van der Waals surface area contributed by atoms with Gasteiger partial charge < -0.3 is 10.6 Å². The first kappa shape index (κ1) is 6.05. The van der Waals surface area contributed by atoms with Crippen LogP contribution in [0.15, 0.2) is 0 Å². The molecule has 1 fully saturated rings. The summed E-state index contributed by atoms with van der Waals surface area (Å²) in [6, 6.07) is 1.30. The van der Waals surface area contributed by atoms with E-state index in [1.165, 1.54) is 0 Å². The maximum atomic E-state index is 3.42. The van der Waals surface area contributed by atoms with Gasteiger partial charge in [0.2, 0.25) is 0 Å². The molecule has 0 spiro atoms. The summed E-state index contributed by atoms with van der Waals surface area (Å²) in [6.45, 7) is 6.62. The zero-order valence-corrected chi connectivity index (χ0v) is 5.57. The van der Waals surface area contributed by atoms with Crippen molar-refractivity contribution in [3.8, 4) is 0 Å². The van der Waals surface area contributed by atoms with E-state index in [1.807, 2.05) is 0 Å². The smallest absolute Gasteiger partial charge is 0.0167 e. The highest BCUT2D eigenvalue weighted by Gasteiger charge is 2.11. The van der Waals surface area contributed by atoms with Gasteiger partial charge in [-0.25, -0.2) is 0 Å². The second-order valence-electron chi connectivity index (χ2n) is 2.63. The molecule has 2 N–H and O–H groups in total. The molecule has 1 aliphatic rings. The summed E-state index contributed by atoms with van der Waals surface area (Å²) in [5.74, 6) is 0. The highest BCUT2D eigenvalue weighted by atomic mass is 15.1. The number of nitrogens with one attached hydrogen (secondary N) is 2. The largest absolute Gasteiger partial charge is 0.314 e. The molecule has 1 rings (SSSR count). The van der Waals surface area contributed by atoms with Crippen LogP contribution in [0.3, 0.4) is 0 Å². The topological polar surface area (TPSA) is 24.1 Å². The van der Waals surface area contributed by atoms with Crippen molar-refractivity contribution in [1.82, 2.24) is 10.6 Å². The van der Waals surface area contributed by atoms with E-state index >= 15 is 0 Å². The monoisotopic (exact) mass is 114 g/mol. The molecule has 0 aliphatic carbocycles. The lowest BCUT2D eigenvalue weighted by molar-refractivity contribution is 0.370. The molecule has 0 radical (unpaired) electrons. The fourth-order valence-corrected chi connectivity index (χ4v) is 1.12. The Morgan fingerprint density at radius 2 is 1.62 bits per heavy atom. The molecule has 0 aromatic heterocycles. The molecule has 1 aliphatic heterocycles. The third-order valence-corrected chi connectivity index (χ3v) is 1.47. The summed E-state index contributed by atoms with van der Waals surface area (Å²) in [7, 11) is 0. The molecule has 1 saturated heterocycles. The van der Waals surface area contributed by atoms with Gasteiger partial charge in [0.15, 0.2) is 0 Å². The van der Waals surface area contributed by atoms with Crippen molar-refractivity contribution in [2.24, 2.45) is 0 Å². The Balaban J connectivity index is 2.23. The van der Waals surface area contributed by atoms with Gasteiger partial charge in [-0.05, 0) is 13.8 Å². The highest BCUT2D eigenvalue weighted by Crippen LogP contribution is 1.90. The average Bonchev–Trinajstić information content (AvgIpc) is 1.64. The Morgan fingerprint density at radius 3 is 1.88 bits per heavy atom. The van der Waals surface area contributed by atoms with Gasteiger partial charge in [-0.1, -0.05) is 0 Å². The summed E-state index contributed by atoms with van der Waals surface area (Å²) in [5, 5.41) is 6.74. The fourth-order valence-electron chi connectivity index (χ4n) is 1.12. The van der Waals surface area contributed by atoms with E-state index in [9.17, 15) is 0 Å². The van der Waals surface area contributed by atoms with Crippen molar-refractivity contribution in [2.75, 3.05) is 13.1 Å². The van der Waals surface area contributed by atoms with Crippen LogP contribution in [0.5, 0.6) is 0 Å². The molecule has 0 saturated carbocycles. The van der Waals surface area contributed by atoms with Gasteiger partial charge in [-0.2, -0.15) is 0 Å². The minimum atomic E-state index is 0.652. The first-order valence-corrected chi connectivity index (χ1v) is 3.26. The molecule has 2 nitrogen and oxygen atoms in total. The number of hydrogen-bond donors (Lipinski definition) is 2. The van der Waals surface area contributed by atoms with Gasteiger partial charge in [0.1, 0.15) is 0 Å². The predicted octanol–water partition coefficient (Wildman–Crippen LogP) is -0.0438. The molecule has 8 heavy (non-hydrogen) atoms. The van der Waals surface area contributed by atoms with Crippen molar-refractivity contribution in [1.29, 1.82) is 0 Å². The third kappa shape index (κ3) is 1.46. The van der Waals surface area contributed by atoms with Gasteiger partial charge in [0.05, 0.1) is 0 Å². The van der Waals surface area contributed by atoms with Gasteiger partial charge in [-0.15, -0.1) is 0 Å². The predicted molar refractivity (Wildman–Crippen MR) is 34.9 cm³/mol. The normalized spacial score (nSPS) is 39.8. The van der Waals surface area contributed by atoms with Crippen molar-refractivity contribution >= 4 is 0 Å². The Bertz CT molecular complexity index is 64.9. The summed E-state index contributed by atoms with van der Waals surface area (Å²) < 4.78 is 0. The molecular weight excluding hydrogens is 100 g/mol. The maximum Gasteiger partial charge on any atom is 0.0167 e. The lowest BCUT2D eigenvalue weighted by Gasteiger charge is -2.26. The van der Waals surface area contributed by atoms with Crippen molar-refractivity contribution < 1.29 is 0 Å². The summed E-state index contributed by atoms with van der Waals surface area (Å²) in [4.78, 5) is 0. The van der Waals surface area contributed by atoms with Crippen LogP contribution in [0, 0.1) is 0 Å². The van der Waals surface area contributed by atoms with Crippen molar-refractivity contribution in [3.63, 3.8) is 0 Å². The third-order valence-electron chi connectivity index (χ3n) is 1.47. The van der Waals surface area contributed by atoms with Crippen LogP contribution in [0.25, 0.3) is 0 Å². The van der Waals surface area contributed by atoms with E-state index in [0.29, 0.717) is 12.1 Å². The van der Waals surface area contributed by atoms with E-state index < -0.39 is 0 Å². The lowest BCUT2D eigenvalue weighted by atomic mass is 10.2. The van der Waals surface area contributed by atoms with Crippen LogP contribution in [0.4, 0.5) is 0 Å². The molecule has 0 aromatic carbocycles. The number of hydrogen-bond acceptors (Lipinski definition) is 2. The molecular formula is C6H14N2. The average molecular weight is 114 g/mol. The number of rotatable bonds is 0. The van der Waals surface area contributed by atoms with E-state index in [2.05, 4.69) is 24.5 Å². The van der Waals surface area contributed by atoms with E-state index in [1.54, 1.807) is 0 Å². The quantitative estimate of drug-likeness (QED) is 0.461. The SMILES string of the molecule is CC1CNC[C@@H](C)N1. The standard InChI is InChI=1S/C6H14N2/c1-5-3-7-4-6(2)8-5/h5-8H,3-4H2,1-2H3/t5-,6?/m1/s1. The Kier molecular flexibility index (Phi) is 1.86. The van der Waals surface area contributed by atoms with Gasteiger partial charge in [0, 0.05) is 25.2 Å². The van der Waals surface area contributed by atoms with Crippen molar-refractivity contribution in [3.05, 3.63) is 0 Å². The molecule has 0 amide bonds. The Morgan fingerprint density at radius 1 is 1.12 bits per heavy atom. The zero-order chi connectivity index (χ0) is 5.98. The van der Waals surface area contributed by atoms with E-state index in [0.717, 1.165) is 13.1 Å². The minimum absolute atomic E-state index is 0.652. The second-order valence-corrected chi connectivity index (χ2v) is 2.63. The molecule has 0 bridgehead atoms. The first-order chi connectivity index (χ1) is 3.79. The summed E-state index contributed by atoms with van der Waals surface area (Å²) in [5.41, 5.74) is 0.